The number of hydrogen-bond acceptors (Lipinski definition) is 8. The minimum Gasteiger partial charge on any atom is -0.444 e. The van der Waals surface area contributed by atoms with Gasteiger partial charge < -0.3 is 25.6 Å². The number of nitrogens with zero attached hydrogens (tertiary/aromatic N) is 1. The zero-order valence-corrected chi connectivity index (χ0v) is 28.5. The number of carbonyl (C=O) groups is 4. The van der Waals surface area contributed by atoms with Crippen molar-refractivity contribution in [2.45, 2.75) is 101 Å². The Bertz CT molecular complexity index is 1460. The average molecular weight is 660 g/mol. The summed E-state index contributed by atoms with van der Waals surface area (Å²) in [5, 5.41) is 8.38. The number of sulfonamides is 1. The first-order chi connectivity index (χ1) is 21.5. The van der Waals surface area contributed by atoms with Crippen molar-refractivity contribution in [2.24, 2.45) is 23.7 Å². The molecular weight excluding hydrogens is 610 g/mol. The van der Waals surface area contributed by atoms with Crippen molar-refractivity contribution in [2.75, 3.05) is 18.9 Å². The number of fused-ring (bicyclic) bond motifs is 1. The Kier molecular flexibility index (Phi) is 10.4. The molecule has 2 aliphatic carbocycles. The van der Waals surface area contributed by atoms with Crippen LogP contribution in [0.2, 0.25) is 0 Å². The monoisotopic (exact) mass is 659 g/mol. The number of rotatable bonds is 10. The Morgan fingerprint density at radius 1 is 1.09 bits per heavy atom. The van der Waals surface area contributed by atoms with Gasteiger partial charge in [-0.2, -0.15) is 0 Å². The smallest absolute Gasteiger partial charge is 0.408 e. The fourth-order valence-electron chi connectivity index (χ4n) is 6.76. The lowest BCUT2D eigenvalue weighted by molar-refractivity contribution is -0.149. The number of para-hydroxylation sites is 1. The summed E-state index contributed by atoms with van der Waals surface area (Å²) >= 11 is 0. The molecule has 0 radical (unpaired) electrons. The summed E-state index contributed by atoms with van der Waals surface area (Å²) < 4.78 is 34.2. The van der Waals surface area contributed by atoms with Crippen LogP contribution in [0, 0.1) is 23.7 Å². The molecular formula is C33H49N5O7S. The molecule has 1 aliphatic heterocycles. The summed E-state index contributed by atoms with van der Waals surface area (Å²) in [6.07, 6.45) is 5.32. The van der Waals surface area contributed by atoms with Crippen LogP contribution in [-0.2, 0) is 29.1 Å². The van der Waals surface area contributed by atoms with Gasteiger partial charge in [-0.05, 0) is 69.9 Å². The molecule has 4 N–H and O–H groups in total. The Hall–Kier alpha value is -3.61. The molecule has 2 saturated carbocycles. The Labute approximate surface area is 272 Å². The van der Waals surface area contributed by atoms with Crippen LogP contribution in [0.25, 0.3) is 0 Å². The minimum atomic E-state index is -4.29. The highest BCUT2D eigenvalue weighted by Crippen LogP contribution is 2.46. The lowest BCUT2D eigenvalue weighted by Gasteiger charge is -2.47. The van der Waals surface area contributed by atoms with E-state index in [1.807, 2.05) is 13.8 Å². The molecule has 4 rings (SSSR count). The average Bonchev–Trinajstić information content (AvgIpc) is 3.71. The van der Waals surface area contributed by atoms with Crippen LogP contribution >= 0.6 is 0 Å². The first kappa shape index (κ1) is 35.2. The van der Waals surface area contributed by atoms with E-state index in [1.165, 1.54) is 12.1 Å². The van der Waals surface area contributed by atoms with Gasteiger partial charge in [0, 0.05) is 19.5 Å². The van der Waals surface area contributed by atoms with Crippen molar-refractivity contribution in [1.82, 2.24) is 20.3 Å². The van der Waals surface area contributed by atoms with Crippen LogP contribution in [0.1, 0.15) is 73.1 Å². The van der Waals surface area contributed by atoms with Crippen LogP contribution < -0.4 is 20.7 Å². The van der Waals surface area contributed by atoms with Crippen molar-refractivity contribution in [3.8, 4) is 0 Å². The van der Waals surface area contributed by atoms with Crippen molar-refractivity contribution in [3.05, 3.63) is 36.9 Å². The molecule has 46 heavy (non-hydrogen) atoms. The minimum absolute atomic E-state index is 0.104. The van der Waals surface area contributed by atoms with Gasteiger partial charge in [0.2, 0.25) is 11.8 Å². The summed E-state index contributed by atoms with van der Waals surface area (Å²) in [6, 6.07) is 4.33. The molecule has 0 aromatic heterocycles. The number of nitrogens with one attached hydrogen (secondary N) is 4. The number of amides is 4. The Morgan fingerprint density at radius 3 is 2.33 bits per heavy atom. The van der Waals surface area contributed by atoms with E-state index in [2.05, 4.69) is 27.3 Å². The maximum absolute atomic E-state index is 14.2. The predicted octanol–water partition coefficient (Wildman–Crippen LogP) is 3.55. The number of alkyl carbamates (subject to hydrolysis) is 1. The molecule has 1 heterocycles. The molecule has 3 fully saturated rings. The van der Waals surface area contributed by atoms with Crippen molar-refractivity contribution in [3.63, 3.8) is 0 Å². The molecule has 4 amide bonds. The topological polar surface area (TPSA) is 163 Å². The molecule has 254 valence electrons. The summed E-state index contributed by atoms with van der Waals surface area (Å²) in [4.78, 5) is 56.1. The molecule has 12 nitrogen and oxygen atoms in total. The first-order valence-electron chi connectivity index (χ1n) is 16.1. The predicted molar refractivity (Wildman–Crippen MR) is 174 cm³/mol. The summed E-state index contributed by atoms with van der Waals surface area (Å²) in [7, 11) is -2.71. The van der Waals surface area contributed by atoms with Crippen LogP contribution in [0.3, 0.4) is 0 Å². The van der Waals surface area contributed by atoms with E-state index in [1.54, 1.807) is 50.9 Å². The molecule has 1 aromatic rings. The van der Waals surface area contributed by atoms with Gasteiger partial charge >= 0.3 is 6.09 Å². The summed E-state index contributed by atoms with van der Waals surface area (Å²) in [5.41, 5.74) is -1.98. The van der Waals surface area contributed by atoms with Gasteiger partial charge in [-0.3, -0.25) is 14.4 Å². The Balaban J connectivity index is 1.59. The van der Waals surface area contributed by atoms with E-state index in [0.29, 0.717) is 18.7 Å². The number of piperidine rings is 1. The number of anilines is 1. The van der Waals surface area contributed by atoms with E-state index in [0.717, 1.165) is 25.7 Å². The standard InChI is InChI=1S/C33H49N5O7S/c1-8-23-18-33(23,30(41)37-46(43,44)26-16-12-11-15-24(26)34-7)36-28(39)25-17-21-13-9-10-14-22(21)19-38(25)29(40)27(20(2)3)35-31(42)45-32(4,5)6/h8,11-12,15-16,20-23,25,27,34H,1,9-10,13-14,17-19H2,2-7H3,(H,35,42)(H,36,39)(H,37,41)/t21?,22?,23-,25?,27+,33-/m1/s1. The fourth-order valence-corrected chi connectivity index (χ4v) is 8.01. The summed E-state index contributed by atoms with van der Waals surface area (Å²) in [5.74, 6) is -2.17. The quantitative estimate of drug-likeness (QED) is 0.277. The summed E-state index contributed by atoms with van der Waals surface area (Å²) in [6.45, 7) is 13.0. The lowest BCUT2D eigenvalue weighted by atomic mass is 9.72. The molecule has 1 aromatic carbocycles. The van der Waals surface area contributed by atoms with Gasteiger partial charge in [0.1, 0.15) is 28.1 Å². The zero-order chi connectivity index (χ0) is 34.0. The molecule has 1 saturated heterocycles. The highest BCUT2D eigenvalue weighted by atomic mass is 32.2. The Morgan fingerprint density at radius 2 is 1.74 bits per heavy atom. The maximum Gasteiger partial charge on any atom is 0.408 e. The third-order valence-corrected chi connectivity index (χ3v) is 10.7. The van der Waals surface area contributed by atoms with Crippen LogP contribution in [-0.4, -0.2) is 73.9 Å². The van der Waals surface area contributed by atoms with Crippen LogP contribution in [0.5, 0.6) is 0 Å². The van der Waals surface area contributed by atoms with Gasteiger partial charge in [0.05, 0.1) is 5.69 Å². The van der Waals surface area contributed by atoms with Crippen molar-refractivity contribution < 1.29 is 32.3 Å². The van der Waals surface area contributed by atoms with E-state index in [4.69, 9.17) is 4.74 Å². The number of likely N-dealkylation sites (tertiary alicyclic amines) is 1. The zero-order valence-electron chi connectivity index (χ0n) is 27.7. The van der Waals surface area contributed by atoms with E-state index < -0.39 is 63.0 Å². The number of carbonyl (C=O) groups excluding carboxylic acids is 4. The van der Waals surface area contributed by atoms with E-state index in [9.17, 15) is 27.6 Å². The lowest BCUT2D eigenvalue weighted by Crippen LogP contribution is -2.63. The molecule has 3 unspecified atom stereocenters. The number of hydrogen-bond donors (Lipinski definition) is 4. The van der Waals surface area contributed by atoms with Gasteiger partial charge in [0.15, 0.2) is 0 Å². The van der Waals surface area contributed by atoms with Crippen molar-refractivity contribution >= 4 is 39.5 Å². The number of ether oxygens (including phenoxy) is 1. The maximum atomic E-state index is 14.2. The second-order valence-corrected chi connectivity index (χ2v) is 15.8. The van der Waals surface area contributed by atoms with Gasteiger partial charge in [-0.15, -0.1) is 6.58 Å². The van der Waals surface area contributed by atoms with Crippen molar-refractivity contribution in [1.29, 1.82) is 0 Å². The molecule has 0 spiro atoms. The van der Waals surface area contributed by atoms with E-state index in [-0.39, 0.29) is 29.1 Å². The van der Waals surface area contributed by atoms with Crippen LogP contribution in [0.15, 0.2) is 41.8 Å². The molecule has 0 bridgehead atoms. The second-order valence-electron chi connectivity index (χ2n) is 14.1. The first-order valence-corrected chi connectivity index (χ1v) is 17.6. The third kappa shape index (κ3) is 7.67. The van der Waals surface area contributed by atoms with E-state index >= 15 is 0 Å². The largest absolute Gasteiger partial charge is 0.444 e. The van der Waals surface area contributed by atoms with Crippen LogP contribution in [0.4, 0.5) is 10.5 Å². The SMILES string of the molecule is C=C[C@@H]1C[C@]1(NC(=O)C1CC2CCCCC2CN1C(=O)[C@@H](NC(=O)OC(C)(C)C)C(C)C)C(=O)NS(=O)(=O)c1ccccc1NC. The van der Waals surface area contributed by atoms with Gasteiger partial charge in [0.25, 0.3) is 15.9 Å². The number of benzene rings is 1. The molecule has 6 atom stereocenters. The van der Waals surface area contributed by atoms with Gasteiger partial charge in [-0.25, -0.2) is 17.9 Å². The normalized spacial score (nSPS) is 26.6. The second kappa shape index (κ2) is 13.6. The highest BCUT2D eigenvalue weighted by Gasteiger charge is 2.61. The fraction of sp³-hybridized carbons (Fsp3) is 0.636. The molecule has 3 aliphatic rings. The highest BCUT2D eigenvalue weighted by molar-refractivity contribution is 7.90. The third-order valence-electron chi connectivity index (χ3n) is 9.31. The van der Waals surface area contributed by atoms with Gasteiger partial charge in [-0.1, -0.05) is 51.3 Å². The molecule has 13 heteroatoms.